The van der Waals surface area contributed by atoms with Crippen LogP contribution in [0.1, 0.15) is 32.6 Å². The number of hydrogen-bond donors (Lipinski definition) is 3. The number of nitrogens with one attached hydrogen (secondary N) is 3. The largest absolute Gasteiger partial charge is 0.356 e. The third-order valence-electron chi connectivity index (χ3n) is 2.70. The summed E-state index contributed by atoms with van der Waals surface area (Å²) < 4.78 is 0. The minimum atomic E-state index is 0.165. The van der Waals surface area contributed by atoms with Gasteiger partial charge in [-0.15, -0.1) is 0 Å². The van der Waals surface area contributed by atoms with Gasteiger partial charge in [-0.05, 0) is 32.4 Å². The third-order valence-corrected chi connectivity index (χ3v) is 2.70. The molecule has 0 bridgehead atoms. The molecule has 4 nitrogen and oxygen atoms in total. The van der Waals surface area contributed by atoms with Crippen LogP contribution in [0.25, 0.3) is 0 Å². The van der Waals surface area contributed by atoms with Crippen molar-refractivity contribution in [3.8, 4) is 0 Å². The zero-order chi connectivity index (χ0) is 10.9. The van der Waals surface area contributed by atoms with Gasteiger partial charge in [-0.25, -0.2) is 0 Å². The molecule has 1 rings (SSSR count). The predicted molar refractivity (Wildman–Crippen MR) is 61.8 cm³/mol. The molecule has 88 valence electrons. The second-order valence-electron chi connectivity index (χ2n) is 4.08. The Morgan fingerprint density at radius 3 is 2.73 bits per heavy atom. The first-order valence-electron chi connectivity index (χ1n) is 6.03. The van der Waals surface area contributed by atoms with Gasteiger partial charge in [-0.2, -0.15) is 0 Å². The second-order valence-corrected chi connectivity index (χ2v) is 4.08. The Kier molecular flexibility index (Phi) is 6.36. The maximum atomic E-state index is 11.3. The van der Waals surface area contributed by atoms with Crippen molar-refractivity contribution < 1.29 is 4.79 Å². The molecule has 0 atom stereocenters. The Labute approximate surface area is 92.2 Å². The van der Waals surface area contributed by atoms with Crippen molar-refractivity contribution in [2.24, 2.45) is 0 Å². The van der Waals surface area contributed by atoms with Crippen LogP contribution in [0.3, 0.4) is 0 Å². The Hall–Kier alpha value is -0.610. The lowest BCUT2D eigenvalue weighted by Crippen LogP contribution is -2.41. The monoisotopic (exact) mass is 213 g/mol. The van der Waals surface area contributed by atoms with Gasteiger partial charge in [-0.3, -0.25) is 4.79 Å². The van der Waals surface area contributed by atoms with Gasteiger partial charge < -0.3 is 16.0 Å². The van der Waals surface area contributed by atoms with E-state index < -0.39 is 0 Å². The average Bonchev–Trinajstić information content (AvgIpc) is 2.28. The van der Waals surface area contributed by atoms with E-state index in [1.54, 1.807) is 0 Å². The summed E-state index contributed by atoms with van der Waals surface area (Å²) in [5, 5.41) is 9.63. The normalized spacial score (nSPS) is 17.7. The first-order chi connectivity index (χ1) is 7.33. The molecule has 1 heterocycles. The molecule has 0 aromatic carbocycles. The van der Waals surface area contributed by atoms with E-state index in [2.05, 4.69) is 22.9 Å². The van der Waals surface area contributed by atoms with Crippen molar-refractivity contribution in [1.82, 2.24) is 16.0 Å². The molecule has 1 amide bonds. The van der Waals surface area contributed by atoms with Crippen molar-refractivity contribution in [3.63, 3.8) is 0 Å². The van der Waals surface area contributed by atoms with Crippen LogP contribution < -0.4 is 16.0 Å². The summed E-state index contributed by atoms with van der Waals surface area (Å²) in [6.45, 7) is 5.86. The molecule has 0 spiro atoms. The number of rotatable bonds is 6. The van der Waals surface area contributed by atoms with Crippen molar-refractivity contribution in [2.75, 3.05) is 26.2 Å². The SMILES string of the molecule is CCCNC(=O)CCNC1CCNCC1. The highest BCUT2D eigenvalue weighted by molar-refractivity contribution is 5.75. The van der Waals surface area contributed by atoms with Crippen LogP contribution in [0.2, 0.25) is 0 Å². The van der Waals surface area contributed by atoms with E-state index in [4.69, 9.17) is 0 Å². The number of amides is 1. The van der Waals surface area contributed by atoms with Gasteiger partial charge in [0.15, 0.2) is 0 Å². The molecule has 0 radical (unpaired) electrons. The highest BCUT2D eigenvalue weighted by Gasteiger charge is 2.11. The first kappa shape index (κ1) is 12.5. The van der Waals surface area contributed by atoms with Crippen molar-refractivity contribution >= 4 is 5.91 Å². The van der Waals surface area contributed by atoms with E-state index in [-0.39, 0.29) is 5.91 Å². The summed E-state index contributed by atoms with van der Waals surface area (Å²) in [6.07, 6.45) is 3.96. The fourth-order valence-corrected chi connectivity index (χ4v) is 1.77. The Morgan fingerprint density at radius 1 is 1.33 bits per heavy atom. The molecule has 0 aromatic heterocycles. The highest BCUT2D eigenvalue weighted by Crippen LogP contribution is 2.01. The number of carbonyl (C=O) groups is 1. The van der Waals surface area contributed by atoms with Gasteiger partial charge in [0.25, 0.3) is 0 Å². The lowest BCUT2D eigenvalue weighted by Gasteiger charge is -2.23. The van der Waals surface area contributed by atoms with Gasteiger partial charge >= 0.3 is 0 Å². The lowest BCUT2D eigenvalue weighted by atomic mass is 10.1. The molecule has 4 heteroatoms. The quantitative estimate of drug-likeness (QED) is 0.592. The van der Waals surface area contributed by atoms with Gasteiger partial charge in [0.05, 0.1) is 0 Å². The van der Waals surface area contributed by atoms with E-state index in [0.29, 0.717) is 12.5 Å². The number of carbonyl (C=O) groups excluding carboxylic acids is 1. The van der Waals surface area contributed by atoms with Crippen LogP contribution >= 0.6 is 0 Å². The molecular formula is C11H23N3O. The predicted octanol–water partition coefficient (Wildman–Crippen LogP) is 0.244. The van der Waals surface area contributed by atoms with Crippen LogP contribution in [-0.2, 0) is 4.79 Å². The molecule has 15 heavy (non-hydrogen) atoms. The van der Waals surface area contributed by atoms with Gasteiger partial charge in [-0.1, -0.05) is 6.92 Å². The highest BCUT2D eigenvalue weighted by atomic mass is 16.1. The first-order valence-corrected chi connectivity index (χ1v) is 6.03. The molecule has 1 fully saturated rings. The van der Waals surface area contributed by atoms with Gasteiger partial charge in [0, 0.05) is 25.6 Å². The van der Waals surface area contributed by atoms with Crippen LogP contribution in [0, 0.1) is 0 Å². The van der Waals surface area contributed by atoms with Crippen LogP contribution in [-0.4, -0.2) is 38.1 Å². The van der Waals surface area contributed by atoms with Crippen molar-refractivity contribution in [2.45, 2.75) is 38.6 Å². The fraction of sp³-hybridized carbons (Fsp3) is 0.909. The summed E-state index contributed by atoms with van der Waals surface area (Å²) >= 11 is 0. The smallest absolute Gasteiger partial charge is 0.221 e. The molecule has 1 aliphatic rings. The Morgan fingerprint density at radius 2 is 2.07 bits per heavy atom. The van der Waals surface area contributed by atoms with Gasteiger partial charge in [0.2, 0.25) is 5.91 Å². The summed E-state index contributed by atoms with van der Waals surface area (Å²) in [5.41, 5.74) is 0. The molecule has 0 aliphatic carbocycles. The van der Waals surface area contributed by atoms with Crippen LogP contribution in [0.4, 0.5) is 0 Å². The molecule has 3 N–H and O–H groups in total. The molecule has 1 saturated heterocycles. The van der Waals surface area contributed by atoms with Gasteiger partial charge in [0.1, 0.15) is 0 Å². The zero-order valence-electron chi connectivity index (χ0n) is 9.64. The summed E-state index contributed by atoms with van der Waals surface area (Å²) in [5.74, 6) is 0.165. The van der Waals surface area contributed by atoms with Crippen LogP contribution in [0.15, 0.2) is 0 Å². The van der Waals surface area contributed by atoms with E-state index in [0.717, 1.165) is 32.6 Å². The van der Waals surface area contributed by atoms with E-state index in [9.17, 15) is 4.79 Å². The molecular weight excluding hydrogens is 190 g/mol. The second kappa shape index (κ2) is 7.65. The standard InChI is InChI=1S/C11H23N3O/c1-2-6-14-11(15)5-9-13-10-3-7-12-8-4-10/h10,12-13H,2-9H2,1H3,(H,14,15). The topological polar surface area (TPSA) is 53.2 Å². The third kappa shape index (κ3) is 5.74. The van der Waals surface area contributed by atoms with E-state index in [1.165, 1.54) is 12.8 Å². The molecule has 1 aliphatic heterocycles. The van der Waals surface area contributed by atoms with Crippen LogP contribution in [0.5, 0.6) is 0 Å². The Bertz CT molecular complexity index is 179. The number of hydrogen-bond acceptors (Lipinski definition) is 3. The number of piperidine rings is 1. The fourth-order valence-electron chi connectivity index (χ4n) is 1.77. The zero-order valence-corrected chi connectivity index (χ0v) is 9.64. The van der Waals surface area contributed by atoms with Crippen molar-refractivity contribution in [3.05, 3.63) is 0 Å². The van der Waals surface area contributed by atoms with E-state index in [1.807, 2.05) is 0 Å². The maximum absolute atomic E-state index is 11.3. The summed E-state index contributed by atoms with van der Waals surface area (Å²) in [7, 11) is 0. The summed E-state index contributed by atoms with van der Waals surface area (Å²) in [4.78, 5) is 11.3. The lowest BCUT2D eigenvalue weighted by molar-refractivity contribution is -0.121. The minimum absolute atomic E-state index is 0.165. The minimum Gasteiger partial charge on any atom is -0.356 e. The summed E-state index contributed by atoms with van der Waals surface area (Å²) in [6, 6.07) is 0.602. The molecule has 0 unspecified atom stereocenters. The Balaban J connectivity index is 1.97. The van der Waals surface area contributed by atoms with E-state index >= 15 is 0 Å². The molecule has 0 aromatic rings. The maximum Gasteiger partial charge on any atom is 0.221 e. The van der Waals surface area contributed by atoms with Crippen molar-refractivity contribution in [1.29, 1.82) is 0 Å². The average molecular weight is 213 g/mol. The molecule has 0 saturated carbocycles.